The molecule has 4 rings (SSSR count). The molecule has 0 aromatic heterocycles. The van der Waals surface area contributed by atoms with E-state index >= 15 is 0 Å². The molecule has 0 aliphatic carbocycles. The largest absolute Gasteiger partial charge is 0.478 e. The summed E-state index contributed by atoms with van der Waals surface area (Å²) in [6, 6.07) is 15.5. The Morgan fingerprint density at radius 3 is 2.44 bits per heavy atom. The van der Waals surface area contributed by atoms with Crippen molar-refractivity contribution in [3.8, 4) is 28.7 Å². The Morgan fingerprint density at radius 2 is 1.74 bits per heavy atom. The summed E-state index contributed by atoms with van der Waals surface area (Å²) in [6.45, 7) is 0. The molecule has 1 aliphatic rings. The molecule has 27 heavy (non-hydrogen) atoms. The van der Waals surface area contributed by atoms with Gasteiger partial charge in [-0.3, -0.25) is 0 Å². The lowest BCUT2D eigenvalue weighted by Gasteiger charge is -2.24. The van der Waals surface area contributed by atoms with Gasteiger partial charge in [0.15, 0.2) is 11.5 Å². The van der Waals surface area contributed by atoms with Gasteiger partial charge in [-0.1, -0.05) is 35.3 Å². The molecule has 7 heteroatoms. The van der Waals surface area contributed by atoms with Gasteiger partial charge in [0.2, 0.25) is 0 Å². The van der Waals surface area contributed by atoms with Crippen molar-refractivity contribution >= 4 is 40.5 Å². The minimum Gasteiger partial charge on any atom is -0.478 e. The molecule has 0 fully saturated rings. The molecule has 0 atom stereocenters. The number of halogens is 2. The number of aromatic carboxylic acids is 1. The summed E-state index contributed by atoms with van der Waals surface area (Å²) < 4.78 is 5.89. The van der Waals surface area contributed by atoms with Crippen LogP contribution in [0.2, 0.25) is 10.0 Å². The van der Waals surface area contributed by atoms with Crippen molar-refractivity contribution in [3.05, 3.63) is 69.7 Å². The number of nitriles is 1. The van der Waals surface area contributed by atoms with E-state index in [9.17, 15) is 9.90 Å². The van der Waals surface area contributed by atoms with Crippen LogP contribution in [-0.2, 0) is 0 Å². The first kappa shape index (κ1) is 17.2. The molecular formula is C20H10Cl2N2O3. The summed E-state index contributed by atoms with van der Waals surface area (Å²) in [5, 5.41) is 22.6. The van der Waals surface area contributed by atoms with E-state index in [4.69, 9.17) is 33.2 Å². The predicted octanol–water partition coefficient (Wildman–Crippen LogP) is 6.08. The third-order valence-electron chi connectivity index (χ3n) is 4.18. The quantitative estimate of drug-likeness (QED) is 0.428. The van der Waals surface area contributed by atoms with Crippen molar-refractivity contribution < 1.29 is 14.6 Å². The van der Waals surface area contributed by atoms with Crippen molar-refractivity contribution in [2.75, 3.05) is 5.32 Å². The molecular weight excluding hydrogens is 387 g/mol. The highest BCUT2D eigenvalue weighted by atomic mass is 35.5. The molecule has 0 saturated carbocycles. The van der Waals surface area contributed by atoms with Gasteiger partial charge in [-0.05, 0) is 41.5 Å². The third kappa shape index (κ3) is 3.06. The second kappa shape index (κ2) is 6.51. The minimum atomic E-state index is -1.14. The van der Waals surface area contributed by atoms with E-state index in [-0.39, 0.29) is 16.9 Å². The lowest BCUT2D eigenvalue weighted by atomic mass is 10.0. The topological polar surface area (TPSA) is 82.4 Å². The van der Waals surface area contributed by atoms with Crippen molar-refractivity contribution in [2.45, 2.75) is 0 Å². The highest BCUT2D eigenvalue weighted by Gasteiger charge is 2.24. The van der Waals surface area contributed by atoms with E-state index in [2.05, 4.69) is 5.32 Å². The van der Waals surface area contributed by atoms with Crippen LogP contribution in [0, 0.1) is 11.3 Å². The van der Waals surface area contributed by atoms with Crippen LogP contribution >= 0.6 is 23.2 Å². The SMILES string of the molecule is N#Cc1cc2c(c(C(=O)O)c1)Nc1ccc(-c3ccc(Cl)c(Cl)c3)cc1O2. The highest BCUT2D eigenvalue weighted by Crippen LogP contribution is 2.45. The number of nitrogens with zero attached hydrogens (tertiary/aromatic N) is 1. The van der Waals surface area contributed by atoms with Crippen LogP contribution in [0.25, 0.3) is 11.1 Å². The minimum absolute atomic E-state index is 0.0248. The van der Waals surface area contributed by atoms with E-state index < -0.39 is 5.97 Å². The van der Waals surface area contributed by atoms with Gasteiger partial charge in [-0.2, -0.15) is 5.26 Å². The van der Waals surface area contributed by atoms with Crippen molar-refractivity contribution in [1.82, 2.24) is 0 Å². The first-order chi connectivity index (χ1) is 13.0. The fourth-order valence-electron chi connectivity index (χ4n) is 2.88. The lowest BCUT2D eigenvalue weighted by molar-refractivity contribution is 0.0697. The maximum atomic E-state index is 11.5. The van der Waals surface area contributed by atoms with E-state index in [1.54, 1.807) is 18.2 Å². The number of hydrogen-bond acceptors (Lipinski definition) is 4. The molecule has 3 aromatic carbocycles. The molecule has 0 amide bonds. The van der Waals surface area contributed by atoms with Crippen LogP contribution < -0.4 is 10.1 Å². The second-order valence-electron chi connectivity index (χ2n) is 5.88. The van der Waals surface area contributed by atoms with E-state index in [1.165, 1.54) is 12.1 Å². The summed E-state index contributed by atoms with van der Waals surface area (Å²) in [6.07, 6.45) is 0. The molecule has 0 bridgehead atoms. The average molecular weight is 397 g/mol. The summed E-state index contributed by atoms with van der Waals surface area (Å²) in [7, 11) is 0. The summed E-state index contributed by atoms with van der Waals surface area (Å²) >= 11 is 12.1. The molecule has 1 aliphatic heterocycles. The van der Waals surface area contributed by atoms with Gasteiger partial charge in [0.05, 0.1) is 38.6 Å². The zero-order chi connectivity index (χ0) is 19.1. The zero-order valence-corrected chi connectivity index (χ0v) is 15.1. The molecule has 5 nitrogen and oxygen atoms in total. The molecule has 0 saturated heterocycles. The van der Waals surface area contributed by atoms with Crippen LogP contribution in [0.3, 0.4) is 0 Å². The van der Waals surface area contributed by atoms with Crippen molar-refractivity contribution in [2.24, 2.45) is 0 Å². The monoisotopic (exact) mass is 396 g/mol. The molecule has 1 heterocycles. The summed E-state index contributed by atoms with van der Waals surface area (Å²) in [4.78, 5) is 11.5. The lowest BCUT2D eigenvalue weighted by Crippen LogP contribution is -2.09. The first-order valence-corrected chi connectivity index (χ1v) is 8.57. The van der Waals surface area contributed by atoms with Crippen LogP contribution in [-0.4, -0.2) is 11.1 Å². The summed E-state index contributed by atoms with van der Waals surface area (Å²) in [5.74, 6) is -0.349. The third-order valence-corrected chi connectivity index (χ3v) is 4.91. The molecule has 0 spiro atoms. The standard InChI is InChI=1S/C20H10Cl2N2O3/c21-14-3-1-11(7-15(14)22)12-2-4-16-17(8-12)27-18-6-10(9-23)5-13(20(25)26)19(18)24-16/h1-8,24H,(H,25,26). The smallest absolute Gasteiger partial charge is 0.338 e. The maximum absolute atomic E-state index is 11.5. The fourth-order valence-corrected chi connectivity index (χ4v) is 3.17. The molecule has 0 radical (unpaired) electrons. The van der Waals surface area contributed by atoms with E-state index in [1.807, 2.05) is 24.3 Å². The number of nitrogens with one attached hydrogen (secondary N) is 1. The highest BCUT2D eigenvalue weighted by molar-refractivity contribution is 6.42. The molecule has 132 valence electrons. The van der Waals surface area contributed by atoms with Crippen LogP contribution in [0.5, 0.6) is 11.5 Å². The average Bonchev–Trinajstić information content (AvgIpc) is 2.67. The zero-order valence-electron chi connectivity index (χ0n) is 13.6. The van der Waals surface area contributed by atoms with Gasteiger partial charge in [-0.25, -0.2) is 4.79 Å². The number of ether oxygens (including phenoxy) is 1. The Morgan fingerprint density at radius 1 is 1.00 bits per heavy atom. The van der Waals surface area contributed by atoms with E-state index in [0.29, 0.717) is 27.2 Å². The van der Waals surface area contributed by atoms with Crippen LogP contribution in [0.4, 0.5) is 11.4 Å². The van der Waals surface area contributed by atoms with Gasteiger partial charge in [0.1, 0.15) is 0 Å². The predicted molar refractivity (Wildman–Crippen MR) is 103 cm³/mol. The van der Waals surface area contributed by atoms with Gasteiger partial charge in [0.25, 0.3) is 0 Å². The van der Waals surface area contributed by atoms with Crippen molar-refractivity contribution in [3.63, 3.8) is 0 Å². The number of rotatable bonds is 2. The number of benzene rings is 3. The first-order valence-electron chi connectivity index (χ1n) is 7.82. The number of carbonyl (C=O) groups is 1. The van der Waals surface area contributed by atoms with Gasteiger partial charge in [0, 0.05) is 6.07 Å². The Kier molecular flexibility index (Phi) is 4.15. The van der Waals surface area contributed by atoms with Gasteiger partial charge >= 0.3 is 5.97 Å². The van der Waals surface area contributed by atoms with Crippen molar-refractivity contribution in [1.29, 1.82) is 5.26 Å². The normalized spacial score (nSPS) is 11.4. The fraction of sp³-hybridized carbons (Fsp3) is 0. The number of carboxylic acid groups (broad SMARTS) is 1. The Hall–Kier alpha value is -3.20. The molecule has 2 N–H and O–H groups in total. The number of carboxylic acids is 1. The Bertz CT molecular complexity index is 1150. The number of anilines is 2. The second-order valence-corrected chi connectivity index (χ2v) is 6.70. The Balaban J connectivity index is 1.78. The summed E-state index contributed by atoms with van der Waals surface area (Å²) in [5.41, 5.74) is 2.83. The van der Waals surface area contributed by atoms with Gasteiger partial charge < -0.3 is 15.2 Å². The van der Waals surface area contributed by atoms with E-state index in [0.717, 1.165) is 11.1 Å². The maximum Gasteiger partial charge on any atom is 0.338 e. The molecule has 3 aromatic rings. The number of fused-ring (bicyclic) bond motifs is 2. The van der Waals surface area contributed by atoms with Crippen LogP contribution in [0.1, 0.15) is 15.9 Å². The number of hydrogen-bond donors (Lipinski definition) is 2. The van der Waals surface area contributed by atoms with Gasteiger partial charge in [-0.15, -0.1) is 0 Å². The van der Waals surface area contributed by atoms with Crippen LogP contribution in [0.15, 0.2) is 48.5 Å². The molecule has 0 unspecified atom stereocenters. The Labute approximate surface area is 164 Å².